The Morgan fingerprint density at radius 3 is 2.31 bits per heavy atom. The molecule has 29 heavy (non-hydrogen) atoms. The van der Waals surface area contributed by atoms with Crippen molar-refractivity contribution in [3.8, 4) is 0 Å². The number of ether oxygens (including phenoxy) is 1. The van der Waals surface area contributed by atoms with Crippen LogP contribution >= 0.6 is 23.2 Å². The van der Waals surface area contributed by atoms with Crippen molar-refractivity contribution in [1.82, 2.24) is 4.72 Å². The van der Waals surface area contributed by atoms with Crippen LogP contribution < -0.4 is 10.0 Å². The molecule has 156 valence electrons. The molecular formula is C19H20Cl2N2O5S. The number of sulfonamides is 1. The second kappa shape index (κ2) is 9.13. The SMILES string of the molecule is CC(C)(C)NS(=O)(=O)c1cc(C(=O)OCC(=O)Nc2ccccc2Cl)ccc1Cl. The second-order valence-corrected chi connectivity index (χ2v) is 9.57. The number of amides is 1. The predicted octanol–water partition coefficient (Wildman–Crippen LogP) is 3.87. The first-order valence-corrected chi connectivity index (χ1v) is 10.7. The van der Waals surface area contributed by atoms with Crippen LogP contribution in [0.3, 0.4) is 0 Å². The van der Waals surface area contributed by atoms with E-state index in [1.807, 2.05) is 0 Å². The summed E-state index contributed by atoms with van der Waals surface area (Å²) >= 11 is 11.9. The van der Waals surface area contributed by atoms with Gasteiger partial charge in [0.05, 0.1) is 21.3 Å². The molecule has 0 spiro atoms. The number of anilines is 1. The average molecular weight is 459 g/mol. The molecule has 1 amide bonds. The monoisotopic (exact) mass is 458 g/mol. The van der Waals surface area contributed by atoms with Crippen molar-refractivity contribution in [2.24, 2.45) is 0 Å². The molecule has 2 N–H and O–H groups in total. The molecule has 0 atom stereocenters. The highest BCUT2D eigenvalue weighted by Crippen LogP contribution is 2.24. The first-order valence-electron chi connectivity index (χ1n) is 8.44. The lowest BCUT2D eigenvalue weighted by Crippen LogP contribution is -2.40. The van der Waals surface area contributed by atoms with Crippen molar-refractivity contribution in [2.45, 2.75) is 31.2 Å². The maximum Gasteiger partial charge on any atom is 0.338 e. The number of esters is 1. The third kappa shape index (κ3) is 6.71. The molecule has 0 unspecified atom stereocenters. The number of hydrogen-bond donors (Lipinski definition) is 2. The number of halogens is 2. The molecule has 7 nitrogen and oxygen atoms in total. The highest BCUT2D eigenvalue weighted by Gasteiger charge is 2.25. The van der Waals surface area contributed by atoms with Crippen LogP contribution in [0.25, 0.3) is 0 Å². The van der Waals surface area contributed by atoms with Gasteiger partial charge in [-0.15, -0.1) is 0 Å². The van der Waals surface area contributed by atoms with Gasteiger partial charge in [-0.3, -0.25) is 4.79 Å². The lowest BCUT2D eigenvalue weighted by molar-refractivity contribution is -0.119. The van der Waals surface area contributed by atoms with Crippen molar-refractivity contribution >= 4 is 50.8 Å². The average Bonchev–Trinajstić information content (AvgIpc) is 2.60. The molecule has 0 bridgehead atoms. The van der Waals surface area contributed by atoms with Gasteiger partial charge < -0.3 is 10.1 Å². The van der Waals surface area contributed by atoms with Crippen LogP contribution in [0.4, 0.5) is 5.69 Å². The zero-order valence-corrected chi connectivity index (χ0v) is 18.3. The molecule has 2 rings (SSSR count). The zero-order valence-electron chi connectivity index (χ0n) is 16.0. The summed E-state index contributed by atoms with van der Waals surface area (Å²) in [7, 11) is -3.97. The standard InChI is InChI=1S/C19H20Cl2N2O5S/c1-19(2,3)23-29(26,27)16-10-12(8-9-14(16)21)18(25)28-11-17(24)22-15-7-5-4-6-13(15)20/h4-10,23H,11H2,1-3H3,(H,22,24). The molecule has 0 heterocycles. The number of rotatable bonds is 6. The van der Waals surface area contributed by atoms with E-state index in [2.05, 4.69) is 10.0 Å². The smallest absolute Gasteiger partial charge is 0.338 e. The van der Waals surface area contributed by atoms with E-state index in [0.29, 0.717) is 10.7 Å². The number of para-hydroxylation sites is 1. The fourth-order valence-electron chi connectivity index (χ4n) is 2.26. The highest BCUT2D eigenvalue weighted by molar-refractivity contribution is 7.89. The summed E-state index contributed by atoms with van der Waals surface area (Å²) < 4.78 is 32.5. The minimum absolute atomic E-state index is 0.0465. The van der Waals surface area contributed by atoms with E-state index in [0.717, 1.165) is 6.07 Å². The van der Waals surface area contributed by atoms with Crippen molar-refractivity contribution in [3.05, 3.63) is 58.1 Å². The first kappa shape index (κ1) is 23.2. The van der Waals surface area contributed by atoms with Gasteiger partial charge in [-0.25, -0.2) is 17.9 Å². The van der Waals surface area contributed by atoms with E-state index in [1.54, 1.807) is 45.0 Å². The fraction of sp³-hybridized carbons (Fsp3) is 0.263. The van der Waals surface area contributed by atoms with E-state index in [9.17, 15) is 18.0 Å². The Morgan fingerprint density at radius 1 is 1.03 bits per heavy atom. The lowest BCUT2D eigenvalue weighted by Gasteiger charge is -2.21. The van der Waals surface area contributed by atoms with Gasteiger partial charge in [0.1, 0.15) is 4.90 Å². The molecule has 2 aromatic carbocycles. The molecule has 0 aliphatic rings. The van der Waals surface area contributed by atoms with Crippen molar-refractivity contribution in [1.29, 1.82) is 0 Å². The summed E-state index contributed by atoms with van der Waals surface area (Å²) in [6, 6.07) is 10.3. The predicted molar refractivity (Wildman–Crippen MR) is 112 cm³/mol. The van der Waals surface area contributed by atoms with E-state index < -0.39 is 34.0 Å². The molecule has 0 aliphatic heterocycles. The topological polar surface area (TPSA) is 102 Å². The summed E-state index contributed by atoms with van der Waals surface area (Å²) in [4.78, 5) is 24.0. The van der Waals surface area contributed by atoms with Gasteiger partial charge in [0, 0.05) is 5.54 Å². The van der Waals surface area contributed by atoms with Gasteiger partial charge >= 0.3 is 5.97 Å². The molecular weight excluding hydrogens is 439 g/mol. The minimum atomic E-state index is -3.97. The Hall–Kier alpha value is -2.13. The minimum Gasteiger partial charge on any atom is -0.452 e. The molecule has 0 aromatic heterocycles. The summed E-state index contributed by atoms with van der Waals surface area (Å²) in [5.74, 6) is -1.47. The Labute approximate surface area is 179 Å². The lowest BCUT2D eigenvalue weighted by atomic mass is 10.1. The normalized spacial score (nSPS) is 11.8. The molecule has 0 aliphatic carbocycles. The number of benzene rings is 2. The molecule has 0 saturated carbocycles. The molecule has 0 saturated heterocycles. The van der Waals surface area contributed by atoms with E-state index in [-0.39, 0.29) is 15.5 Å². The maximum absolute atomic E-state index is 12.5. The summed E-state index contributed by atoms with van der Waals surface area (Å²) in [5, 5.41) is 2.80. The number of nitrogens with one attached hydrogen (secondary N) is 2. The van der Waals surface area contributed by atoms with Crippen LogP contribution in [0.1, 0.15) is 31.1 Å². The third-order valence-corrected chi connectivity index (χ3v) is 5.95. The Bertz CT molecular complexity index is 1030. The van der Waals surface area contributed by atoms with Gasteiger partial charge in [0.2, 0.25) is 10.0 Å². The van der Waals surface area contributed by atoms with Crippen molar-refractivity contribution in [2.75, 3.05) is 11.9 Å². The molecule has 0 fully saturated rings. The van der Waals surface area contributed by atoms with Crippen LogP contribution in [-0.2, 0) is 19.6 Å². The number of carbonyl (C=O) groups excluding carboxylic acids is 2. The molecule has 0 radical (unpaired) electrons. The third-order valence-electron chi connectivity index (χ3n) is 3.38. The Morgan fingerprint density at radius 2 is 1.69 bits per heavy atom. The van der Waals surface area contributed by atoms with Crippen molar-refractivity contribution in [3.63, 3.8) is 0 Å². The summed E-state index contributed by atoms with van der Waals surface area (Å²) in [6.45, 7) is 4.45. The van der Waals surface area contributed by atoms with E-state index in [1.165, 1.54) is 12.1 Å². The van der Waals surface area contributed by atoms with Crippen LogP contribution in [0.15, 0.2) is 47.4 Å². The number of hydrogen-bond acceptors (Lipinski definition) is 5. The largest absolute Gasteiger partial charge is 0.452 e. The van der Waals surface area contributed by atoms with Gasteiger partial charge in [-0.1, -0.05) is 35.3 Å². The van der Waals surface area contributed by atoms with E-state index >= 15 is 0 Å². The quantitative estimate of drug-likeness (QED) is 0.639. The Kier molecular flexibility index (Phi) is 7.29. The van der Waals surface area contributed by atoms with E-state index in [4.69, 9.17) is 27.9 Å². The highest BCUT2D eigenvalue weighted by atomic mass is 35.5. The second-order valence-electron chi connectivity index (χ2n) is 7.10. The van der Waals surface area contributed by atoms with Gasteiger partial charge in [-0.05, 0) is 51.1 Å². The summed E-state index contributed by atoms with van der Waals surface area (Å²) in [6.07, 6.45) is 0. The zero-order chi connectivity index (χ0) is 21.8. The number of carbonyl (C=O) groups is 2. The van der Waals surface area contributed by atoms with Gasteiger partial charge in [0.25, 0.3) is 5.91 Å². The van der Waals surface area contributed by atoms with Crippen LogP contribution in [0, 0.1) is 0 Å². The molecule has 10 heteroatoms. The fourth-order valence-corrected chi connectivity index (χ4v) is 4.39. The molecule has 2 aromatic rings. The van der Waals surface area contributed by atoms with Gasteiger partial charge in [-0.2, -0.15) is 0 Å². The van der Waals surface area contributed by atoms with Gasteiger partial charge in [0.15, 0.2) is 6.61 Å². The van der Waals surface area contributed by atoms with Crippen LogP contribution in [0.5, 0.6) is 0 Å². The summed E-state index contributed by atoms with van der Waals surface area (Å²) in [5.41, 5.74) is -0.423. The maximum atomic E-state index is 12.5. The first-order chi connectivity index (χ1) is 13.4. The van der Waals surface area contributed by atoms with Crippen LogP contribution in [0.2, 0.25) is 10.0 Å². The van der Waals surface area contributed by atoms with Crippen molar-refractivity contribution < 1.29 is 22.7 Å². The Balaban J connectivity index is 2.10. The van der Waals surface area contributed by atoms with Crippen LogP contribution in [-0.4, -0.2) is 32.4 Å².